The molecule has 67 valence electrons. The predicted octanol–water partition coefficient (Wildman–Crippen LogP) is 3.91. The van der Waals surface area contributed by atoms with Crippen LogP contribution in [0.15, 0.2) is 30.9 Å². The highest BCUT2D eigenvalue weighted by atomic mass is 14.2. The van der Waals surface area contributed by atoms with Gasteiger partial charge in [-0.15, -0.1) is 6.58 Å². The maximum atomic E-state index is 3.83. The van der Waals surface area contributed by atoms with Crippen molar-refractivity contribution in [2.45, 2.75) is 33.6 Å². The van der Waals surface area contributed by atoms with Crippen molar-refractivity contribution in [2.75, 3.05) is 0 Å². The fourth-order valence-electron chi connectivity index (χ4n) is 0.951. The van der Waals surface area contributed by atoms with E-state index in [1.807, 2.05) is 6.08 Å². The summed E-state index contributed by atoms with van der Waals surface area (Å²) in [6.45, 7) is 13.9. The first-order valence-electron chi connectivity index (χ1n) is 4.31. The maximum absolute atomic E-state index is 3.83. The highest BCUT2D eigenvalue weighted by Gasteiger charge is 2.16. The molecule has 0 rings (SSSR count). The minimum Gasteiger partial charge on any atom is -0.103 e. The van der Waals surface area contributed by atoms with Gasteiger partial charge in [-0.3, -0.25) is 0 Å². The molecule has 0 aliphatic carbocycles. The summed E-state index contributed by atoms with van der Waals surface area (Å²) in [7, 11) is 0. The van der Waals surface area contributed by atoms with Crippen molar-refractivity contribution in [3.8, 4) is 0 Å². The van der Waals surface area contributed by atoms with Gasteiger partial charge in [0, 0.05) is 0 Å². The molecule has 0 aromatic heterocycles. The number of rotatable bonds is 5. The third-order valence-corrected chi connectivity index (χ3v) is 2.00. The van der Waals surface area contributed by atoms with Crippen LogP contribution in [0.3, 0.4) is 0 Å². The van der Waals surface area contributed by atoms with Crippen LogP contribution in [0.2, 0.25) is 0 Å². The fourth-order valence-corrected chi connectivity index (χ4v) is 0.951. The van der Waals surface area contributed by atoms with Crippen molar-refractivity contribution in [3.05, 3.63) is 37.0 Å². The molecule has 0 fully saturated rings. The van der Waals surface area contributed by atoms with Gasteiger partial charge in [0.25, 0.3) is 0 Å². The molecule has 1 unspecified atom stereocenters. The van der Waals surface area contributed by atoms with Gasteiger partial charge in [-0.1, -0.05) is 37.3 Å². The van der Waals surface area contributed by atoms with Crippen molar-refractivity contribution in [1.29, 1.82) is 0 Å². The van der Waals surface area contributed by atoms with Gasteiger partial charge in [-0.2, -0.15) is 0 Å². The van der Waals surface area contributed by atoms with E-state index in [-0.39, 0.29) is 5.41 Å². The normalized spacial score (nSPS) is 14.6. The van der Waals surface area contributed by atoms with Crippen LogP contribution >= 0.6 is 0 Å². The molecule has 0 nitrogen and oxygen atoms in total. The van der Waals surface area contributed by atoms with Gasteiger partial charge in [0.1, 0.15) is 0 Å². The lowest BCUT2D eigenvalue weighted by atomic mass is 9.83. The first-order chi connectivity index (χ1) is 5.54. The molecule has 0 aromatic carbocycles. The summed E-state index contributed by atoms with van der Waals surface area (Å²) in [5.41, 5.74) is 1.49. The zero-order chi connectivity index (χ0) is 9.61. The second kappa shape index (κ2) is 4.97. The molecule has 0 heterocycles. The Morgan fingerprint density at radius 3 is 2.42 bits per heavy atom. The lowest BCUT2D eigenvalue weighted by molar-refractivity contribution is 0.435. The second-order valence-electron chi connectivity index (χ2n) is 3.77. The Labute approximate surface area is 76.7 Å². The third-order valence-electron chi connectivity index (χ3n) is 2.00. The van der Waals surface area contributed by atoms with Crippen molar-refractivity contribution in [1.82, 2.24) is 0 Å². The molecular formula is C12H19. The van der Waals surface area contributed by atoms with E-state index in [0.717, 1.165) is 12.8 Å². The predicted molar refractivity (Wildman–Crippen MR) is 55.8 cm³/mol. The van der Waals surface area contributed by atoms with Crippen molar-refractivity contribution in [3.63, 3.8) is 0 Å². The third kappa shape index (κ3) is 4.17. The molecule has 0 spiro atoms. The van der Waals surface area contributed by atoms with Crippen molar-refractivity contribution < 1.29 is 0 Å². The SMILES string of the molecule is C=[C]CC(C)(C=C)CC=C(C)C. The quantitative estimate of drug-likeness (QED) is 0.539. The topological polar surface area (TPSA) is 0 Å². The molecule has 0 aliphatic rings. The zero-order valence-corrected chi connectivity index (χ0v) is 8.48. The van der Waals surface area contributed by atoms with Gasteiger partial charge in [0.2, 0.25) is 0 Å². The van der Waals surface area contributed by atoms with E-state index in [2.05, 4.69) is 46.1 Å². The molecule has 0 bridgehead atoms. The highest BCUT2D eigenvalue weighted by Crippen LogP contribution is 2.28. The average Bonchev–Trinajstić information content (AvgIpc) is 2.02. The lowest BCUT2D eigenvalue weighted by Gasteiger charge is -2.21. The first kappa shape index (κ1) is 11.2. The minimum atomic E-state index is 0.138. The summed E-state index contributed by atoms with van der Waals surface area (Å²) >= 11 is 0. The molecule has 12 heavy (non-hydrogen) atoms. The summed E-state index contributed by atoms with van der Waals surface area (Å²) in [4.78, 5) is 0. The Morgan fingerprint density at radius 2 is 2.08 bits per heavy atom. The second-order valence-corrected chi connectivity index (χ2v) is 3.77. The molecule has 0 saturated carbocycles. The molecule has 0 N–H and O–H groups in total. The molecule has 1 atom stereocenters. The van der Waals surface area contributed by atoms with Gasteiger partial charge >= 0.3 is 0 Å². The monoisotopic (exact) mass is 163 g/mol. The molecule has 0 saturated heterocycles. The van der Waals surface area contributed by atoms with Crippen LogP contribution in [0.1, 0.15) is 33.6 Å². The summed E-state index contributed by atoms with van der Waals surface area (Å²) < 4.78 is 0. The lowest BCUT2D eigenvalue weighted by Crippen LogP contribution is -2.10. The van der Waals surface area contributed by atoms with Crippen LogP contribution in [0.5, 0.6) is 0 Å². The maximum Gasteiger partial charge on any atom is -0.00744 e. The van der Waals surface area contributed by atoms with Gasteiger partial charge in [0.05, 0.1) is 0 Å². The number of hydrogen-bond acceptors (Lipinski definition) is 0. The molecule has 0 amide bonds. The molecule has 1 radical (unpaired) electrons. The minimum absolute atomic E-state index is 0.138. The van der Waals surface area contributed by atoms with E-state index in [9.17, 15) is 0 Å². The van der Waals surface area contributed by atoms with Gasteiger partial charge in [0.15, 0.2) is 0 Å². The standard InChI is InChI=1S/C12H19/c1-6-9-12(5,7-2)10-8-11(3)4/h7-8H,1-2,9-10H2,3-5H3. The Hall–Kier alpha value is -0.780. The fraction of sp³-hybridized carbons (Fsp3) is 0.500. The zero-order valence-electron chi connectivity index (χ0n) is 8.48. The first-order valence-corrected chi connectivity index (χ1v) is 4.31. The van der Waals surface area contributed by atoms with Crippen LogP contribution in [-0.4, -0.2) is 0 Å². The van der Waals surface area contributed by atoms with Crippen LogP contribution in [0.25, 0.3) is 0 Å². The highest BCUT2D eigenvalue weighted by molar-refractivity contribution is 5.03. The van der Waals surface area contributed by atoms with Crippen molar-refractivity contribution >= 4 is 0 Å². The van der Waals surface area contributed by atoms with Crippen LogP contribution < -0.4 is 0 Å². The summed E-state index contributed by atoms with van der Waals surface area (Å²) in [6, 6.07) is 0. The van der Waals surface area contributed by atoms with E-state index in [4.69, 9.17) is 0 Å². The molecule has 0 aromatic rings. The van der Waals surface area contributed by atoms with E-state index >= 15 is 0 Å². The summed E-state index contributed by atoms with van der Waals surface area (Å²) in [6.07, 6.45) is 9.06. The van der Waals surface area contributed by atoms with Gasteiger partial charge in [-0.25, -0.2) is 0 Å². The van der Waals surface area contributed by atoms with Gasteiger partial charge < -0.3 is 0 Å². The van der Waals surface area contributed by atoms with Crippen LogP contribution in [0, 0.1) is 11.5 Å². The Kier molecular flexibility index (Phi) is 4.65. The molecular weight excluding hydrogens is 144 g/mol. The summed E-state index contributed by atoms with van der Waals surface area (Å²) in [5.74, 6) is 0. The van der Waals surface area contributed by atoms with E-state index < -0.39 is 0 Å². The Bertz CT molecular complexity index is 182. The average molecular weight is 163 g/mol. The smallest absolute Gasteiger partial charge is 0.00744 e. The molecule has 0 heteroatoms. The van der Waals surface area contributed by atoms with Crippen LogP contribution in [-0.2, 0) is 0 Å². The largest absolute Gasteiger partial charge is 0.103 e. The Morgan fingerprint density at radius 1 is 1.50 bits per heavy atom. The van der Waals surface area contributed by atoms with E-state index in [1.54, 1.807) is 0 Å². The number of hydrogen-bond donors (Lipinski definition) is 0. The van der Waals surface area contributed by atoms with E-state index in [1.165, 1.54) is 5.57 Å². The molecule has 0 aliphatic heterocycles. The summed E-state index contributed by atoms with van der Waals surface area (Å²) in [5, 5.41) is 0. The van der Waals surface area contributed by atoms with Crippen LogP contribution in [0.4, 0.5) is 0 Å². The van der Waals surface area contributed by atoms with Crippen molar-refractivity contribution in [2.24, 2.45) is 5.41 Å². The van der Waals surface area contributed by atoms with E-state index in [0.29, 0.717) is 0 Å². The Balaban J connectivity index is 4.23. The van der Waals surface area contributed by atoms with Gasteiger partial charge in [-0.05, 0) is 32.1 Å². The number of allylic oxidation sites excluding steroid dienone is 4.